The molecule has 170 valence electrons. The van der Waals surface area contributed by atoms with E-state index in [2.05, 4.69) is 10.0 Å². The van der Waals surface area contributed by atoms with E-state index >= 15 is 0 Å². The van der Waals surface area contributed by atoms with Crippen molar-refractivity contribution in [3.63, 3.8) is 0 Å². The first-order valence-corrected chi connectivity index (χ1v) is 11.7. The van der Waals surface area contributed by atoms with Crippen LogP contribution in [0.4, 0.5) is 10.5 Å². The molecule has 1 aromatic rings. The van der Waals surface area contributed by atoms with Gasteiger partial charge in [0.1, 0.15) is 5.60 Å². The molecule has 0 aliphatic rings. The SMILES string of the molecule is CCCC(C(CCC(N)=O)NC(=O)OC(C)(C)C)C(C)S(=O)(=O)Nc1ccccc1. The van der Waals surface area contributed by atoms with Gasteiger partial charge in [0.25, 0.3) is 0 Å². The summed E-state index contributed by atoms with van der Waals surface area (Å²) in [6, 6.07) is 8.03. The first-order chi connectivity index (χ1) is 13.9. The van der Waals surface area contributed by atoms with E-state index in [1.165, 1.54) is 0 Å². The van der Waals surface area contributed by atoms with E-state index in [9.17, 15) is 18.0 Å². The highest BCUT2D eigenvalue weighted by atomic mass is 32.2. The number of carbonyl (C=O) groups excluding carboxylic acids is 2. The average molecular weight is 442 g/mol. The summed E-state index contributed by atoms with van der Waals surface area (Å²) in [5.74, 6) is -0.956. The van der Waals surface area contributed by atoms with E-state index in [4.69, 9.17) is 10.5 Å². The molecule has 0 bridgehead atoms. The van der Waals surface area contributed by atoms with Gasteiger partial charge in [-0.2, -0.15) is 0 Å². The standard InChI is InChI=1S/C21H35N3O5S/c1-6-10-17(15(2)30(27,28)24-16-11-8-7-9-12-16)18(13-14-19(22)25)23-20(26)29-21(3,4)5/h7-9,11-12,15,17-18,24H,6,10,13-14H2,1-5H3,(H2,22,25)(H,23,26). The van der Waals surface area contributed by atoms with Crippen LogP contribution >= 0.6 is 0 Å². The molecule has 3 unspecified atom stereocenters. The Morgan fingerprint density at radius 2 is 1.73 bits per heavy atom. The summed E-state index contributed by atoms with van der Waals surface area (Å²) in [5.41, 5.74) is 5.06. The number of primary amides is 1. The lowest BCUT2D eigenvalue weighted by Gasteiger charge is -2.33. The number of hydrogen-bond donors (Lipinski definition) is 3. The van der Waals surface area contributed by atoms with Crippen LogP contribution in [0.25, 0.3) is 0 Å². The summed E-state index contributed by atoms with van der Waals surface area (Å²) < 4.78 is 34.0. The lowest BCUT2D eigenvalue weighted by molar-refractivity contribution is -0.118. The van der Waals surface area contributed by atoms with Gasteiger partial charge in [-0.25, -0.2) is 13.2 Å². The van der Waals surface area contributed by atoms with Crippen molar-refractivity contribution in [1.82, 2.24) is 5.32 Å². The Hall–Kier alpha value is -2.29. The Morgan fingerprint density at radius 3 is 2.23 bits per heavy atom. The number of amides is 2. The van der Waals surface area contributed by atoms with Crippen LogP contribution < -0.4 is 15.8 Å². The molecule has 0 aliphatic carbocycles. The lowest BCUT2D eigenvalue weighted by Crippen LogP contribution is -2.48. The highest BCUT2D eigenvalue weighted by Gasteiger charge is 2.36. The maximum absolute atomic E-state index is 13.0. The summed E-state index contributed by atoms with van der Waals surface area (Å²) in [5, 5.41) is 1.94. The minimum atomic E-state index is -3.75. The third-order valence-corrected chi connectivity index (χ3v) is 6.52. The summed E-state index contributed by atoms with van der Waals surface area (Å²) in [6.45, 7) is 8.78. The van der Waals surface area contributed by atoms with Crippen molar-refractivity contribution in [2.45, 2.75) is 77.2 Å². The molecule has 0 saturated heterocycles. The zero-order valence-electron chi connectivity index (χ0n) is 18.5. The maximum atomic E-state index is 13.0. The maximum Gasteiger partial charge on any atom is 0.407 e. The number of hydrogen-bond acceptors (Lipinski definition) is 5. The molecule has 0 spiro atoms. The highest BCUT2D eigenvalue weighted by Crippen LogP contribution is 2.26. The van der Waals surface area contributed by atoms with Gasteiger partial charge in [-0.15, -0.1) is 0 Å². The Labute approximate surface area is 180 Å². The third kappa shape index (κ3) is 9.02. The fourth-order valence-corrected chi connectivity index (χ4v) is 4.68. The lowest BCUT2D eigenvalue weighted by atomic mass is 9.89. The van der Waals surface area contributed by atoms with E-state index in [1.807, 2.05) is 6.92 Å². The summed E-state index contributed by atoms with van der Waals surface area (Å²) >= 11 is 0. The van der Waals surface area contributed by atoms with Crippen molar-refractivity contribution in [1.29, 1.82) is 0 Å². The van der Waals surface area contributed by atoms with Gasteiger partial charge in [0.2, 0.25) is 15.9 Å². The number of carbonyl (C=O) groups is 2. The fraction of sp³-hybridized carbons (Fsp3) is 0.619. The van der Waals surface area contributed by atoms with Crippen molar-refractivity contribution in [3.05, 3.63) is 30.3 Å². The Morgan fingerprint density at radius 1 is 1.13 bits per heavy atom. The molecule has 8 nitrogen and oxygen atoms in total. The van der Waals surface area contributed by atoms with Crippen LogP contribution in [0.5, 0.6) is 0 Å². The smallest absolute Gasteiger partial charge is 0.407 e. The number of para-hydroxylation sites is 1. The molecule has 2 amide bonds. The van der Waals surface area contributed by atoms with Gasteiger partial charge in [-0.05, 0) is 58.6 Å². The molecule has 0 aromatic heterocycles. The number of anilines is 1. The number of ether oxygens (including phenoxy) is 1. The van der Waals surface area contributed by atoms with Crippen molar-refractivity contribution in [2.75, 3.05) is 4.72 Å². The molecule has 0 fully saturated rings. The van der Waals surface area contributed by atoms with Gasteiger partial charge in [0.05, 0.1) is 5.25 Å². The average Bonchev–Trinajstić information content (AvgIpc) is 2.61. The van der Waals surface area contributed by atoms with E-state index in [0.717, 1.165) is 0 Å². The van der Waals surface area contributed by atoms with Crippen LogP contribution in [0, 0.1) is 5.92 Å². The zero-order valence-corrected chi connectivity index (χ0v) is 19.3. The molecule has 0 aliphatic heterocycles. The Bertz CT molecular complexity index is 791. The van der Waals surface area contributed by atoms with Gasteiger partial charge in [0, 0.05) is 18.2 Å². The normalized spacial score (nSPS) is 15.0. The second-order valence-electron chi connectivity index (χ2n) is 8.43. The molecule has 1 rings (SSSR count). The van der Waals surface area contributed by atoms with Gasteiger partial charge >= 0.3 is 6.09 Å². The van der Waals surface area contributed by atoms with Crippen molar-refractivity contribution in [3.8, 4) is 0 Å². The number of nitrogens with one attached hydrogen (secondary N) is 2. The first-order valence-electron chi connectivity index (χ1n) is 10.2. The zero-order chi connectivity index (χ0) is 22.9. The minimum Gasteiger partial charge on any atom is -0.444 e. The second kappa shape index (κ2) is 11.2. The summed E-state index contributed by atoms with van der Waals surface area (Å²) in [7, 11) is -3.75. The number of nitrogens with two attached hydrogens (primary N) is 1. The number of alkyl carbamates (subject to hydrolysis) is 1. The molecule has 3 atom stereocenters. The van der Waals surface area contributed by atoms with Gasteiger partial charge in [-0.3, -0.25) is 9.52 Å². The summed E-state index contributed by atoms with van der Waals surface area (Å²) in [6.07, 6.45) is 0.845. The van der Waals surface area contributed by atoms with Crippen LogP contribution in [0.1, 0.15) is 60.3 Å². The molecule has 0 heterocycles. The molecular formula is C21H35N3O5S. The van der Waals surface area contributed by atoms with Crippen LogP contribution in [-0.4, -0.2) is 37.3 Å². The summed E-state index contributed by atoms with van der Waals surface area (Å²) in [4.78, 5) is 23.7. The Kier molecular flexibility index (Phi) is 9.61. The monoisotopic (exact) mass is 441 g/mol. The van der Waals surface area contributed by atoms with Crippen molar-refractivity contribution >= 4 is 27.7 Å². The van der Waals surface area contributed by atoms with E-state index in [0.29, 0.717) is 18.5 Å². The minimum absolute atomic E-state index is 0.0273. The first kappa shape index (κ1) is 25.7. The highest BCUT2D eigenvalue weighted by molar-refractivity contribution is 7.93. The fourth-order valence-electron chi connectivity index (χ4n) is 3.24. The Balaban J connectivity index is 3.11. The molecule has 4 N–H and O–H groups in total. The second-order valence-corrected chi connectivity index (χ2v) is 10.5. The van der Waals surface area contributed by atoms with E-state index < -0.39 is 44.8 Å². The molecule has 1 aromatic carbocycles. The molecule has 30 heavy (non-hydrogen) atoms. The van der Waals surface area contributed by atoms with Crippen molar-refractivity contribution < 1.29 is 22.7 Å². The quantitative estimate of drug-likeness (QED) is 0.485. The largest absolute Gasteiger partial charge is 0.444 e. The number of benzene rings is 1. The topological polar surface area (TPSA) is 128 Å². The van der Waals surface area contributed by atoms with Crippen molar-refractivity contribution in [2.24, 2.45) is 11.7 Å². The third-order valence-electron chi connectivity index (χ3n) is 4.67. The van der Waals surface area contributed by atoms with Crippen LogP contribution in [0.2, 0.25) is 0 Å². The van der Waals surface area contributed by atoms with E-state index in [-0.39, 0.29) is 12.8 Å². The number of sulfonamides is 1. The van der Waals surface area contributed by atoms with Gasteiger partial charge in [-0.1, -0.05) is 31.5 Å². The van der Waals surface area contributed by atoms with Gasteiger partial charge < -0.3 is 15.8 Å². The molecule has 0 saturated carbocycles. The molecule has 9 heteroatoms. The number of rotatable bonds is 11. The van der Waals surface area contributed by atoms with E-state index in [1.54, 1.807) is 58.0 Å². The molecular weight excluding hydrogens is 406 g/mol. The predicted octanol–water partition coefficient (Wildman–Crippen LogP) is 3.39. The molecule has 0 radical (unpaired) electrons. The van der Waals surface area contributed by atoms with Crippen LogP contribution in [0.15, 0.2) is 30.3 Å². The van der Waals surface area contributed by atoms with Crippen LogP contribution in [-0.2, 0) is 19.6 Å². The van der Waals surface area contributed by atoms with Crippen LogP contribution in [0.3, 0.4) is 0 Å². The predicted molar refractivity (Wildman–Crippen MR) is 118 cm³/mol. The van der Waals surface area contributed by atoms with Gasteiger partial charge in [0.15, 0.2) is 0 Å².